The normalized spacial score (nSPS) is 16.4. The summed E-state index contributed by atoms with van der Waals surface area (Å²) in [5.74, 6) is 0. The largest absolute Gasteiger partial charge is 0.309 e. The number of aryl methyl sites for hydroxylation is 2. The lowest BCUT2D eigenvalue weighted by molar-refractivity contribution is 0.400. The van der Waals surface area contributed by atoms with Crippen LogP contribution in [0.1, 0.15) is 47.1 Å². The number of fused-ring (bicyclic) bond motifs is 2. The molecule has 0 bridgehead atoms. The van der Waals surface area contributed by atoms with Crippen molar-refractivity contribution in [2.24, 2.45) is 0 Å². The van der Waals surface area contributed by atoms with Crippen molar-refractivity contribution in [2.75, 3.05) is 20.6 Å². The van der Waals surface area contributed by atoms with E-state index in [9.17, 15) is 0 Å². The maximum Gasteiger partial charge on any atom is -0.00217 e. The van der Waals surface area contributed by atoms with Crippen LogP contribution in [0.2, 0.25) is 0 Å². The summed E-state index contributed by atoms with van der Waals surface area (Å²) in [5.41, 5.74) is 8.63. The molecule has 106 valence electrons. The molecule has 2 aliphatic carbocycles. The molecule has 0 amide bonds. The molecule has 3 rings (SSSR count). The molecular formula is C17H26ClN. The molecule has 1 aromatic carbocycles. The number of nitrogens with zero attached hydrogens (tertiary/aromatic N) is 1. The van der Waals surface area contributed by atoms with E-state index in [0.29, 0.717) is 0 Å². The number of benzene rings is 1. The van der Waals surface area contributed by atoms with Gasteiger partial charge in [0.05, 0.1) is 0 Å². The van der Waals surface area contributed by atoms with Crippen LogP contribution in [0, 0.1) is 0 Å². The van der Waals surface area contributed by atoms with Gasteiger partial charge in [-0.1, -0.05) is 6.07 Å². The molecule has 19 heavy (non-hydrogen) atoms. The smallest absolute Gasteiger partial charge is 0.00217 e. The second kappa shape index (κ2) is 6.28. The summed E-state index contributed by atoms with van der Waals surface area (Å²) in [6, 6.07) is 2.54. The standard InChI is InChI=1S/C17H25N.ClH/c1-18(2)11-5-10-17-15-8-3-6-13(15)12-14-7-4-9-16(14)17;/h12H,3-11H2,1-2H3;1H. The van der Waals surface area contributed by atoms with E-state index in [1.807, 2.05) is 0 Å². The van der Waals surface area contributed by atoms with Crippen molar-refractivity contribution >= 4 is 12.4 Å². The number of hydrogen-bond donors (Lipinski definition) is 0. The Labute approximate surface area is 123 Å². The van der Waals surface area contributed by atoms with E-state index in [4.69, 9.17) is 0 Å². The summed E-state index contributed by atoms with van der Waals surface area (Å²) in [6.45, 7) is 1.22. The molecule has 1 nitrogen and oxygen atoms in total. The molecule has 0 aliphatic heterocycles. The highest BCUT2D eigenvalue weighted by Gasteiger charge is 2.23. The Balaban J connectivity index is 0.00000133. The van der Waals surface area contributed by atoms with Crippen LogP contribution < -0.4 is 0 Å². The first-order chi connectivity index (χ1) is 8.75. The van der Waals surface area contributed by atoms with Crippen LogP contribution in [0.5, 0.6) is 0 Å². The van der Waals surface area contributed by atoms with Crippen LogP contribution in [-0.4, -0.2) is 25.5 Å². The molecule has 0 saturated carbocycles. The third kappa shape index (κ3) is 2.98. The summed E-state index contributed by atoms with van der Waals surface area (Å²) >= 11 is 0. The molecule has 2 heteroatoms. The van der Waals surface area contributed by atoms with Gasteiger partial charge in [0.2, 0.25) is 0 Å². The molecular weight excluding hydrogens is 254 g/mol. The fourth-order valence-corrected chi connectivity index (χ4v) is 3.81. The van der Waals surface area contributed by atoms with Gasteiger partial charge in [-0.2, -0.15) is 0 Å². The van der Waals surface area contributed by atoms with Gasteiger partial charge in [-0.3, -0.25) is 0 Å². The third-order valence-corrected chi connectivity index (χ3v) is 4.63. The molecule has 0 radical (unpaired) electrons. The first-order valence-corrected chi connectivity index (χ1v) is 7.56. The highest BCUT2D eigenvalue weighted by Crippen LogP contribution is 2.35. The Hall–Kier alpha value is -0.530. The summed E-state index contributed by atoms with van der Waals surface area (Å²) in [5, 5.41) is 0. The van der Waals surface area contributed by atoms with Gasteiger partial charge in [0.25, 0.3) is 0 Å². The lowest BCUT2D eigenvalue weighted by Crippen LogP contribution is -2.14. The predicted molar refractivity (Wildman–Crippen MR) is 84.6 cm³/mol. The maximum absolute atomic E-state index is 2.54. The van der Waals surface area contributed by atoms with Crippen molar-refractivity contribution in [1.29, 1.82) is 0 Å². The Morgan fingerprint density at radius 1 is 0.947 bits per heavy atom. The van der Waals surface area contributed by atoms with Crippen LogP contribution in [0.25, 0.3) is 0 Å². The minimum atomic E-state index is 0. The maximum atomic E-state index is 2.54. The van der Waals surface area contributed by atoms with E-state index in [2.05, 4.69) is 25.1 Å². The van der Waals surface area contributed by atoms with Crippen LogP contribution in [-0.2, 0) is 32.1 Å². The third-order valence-electron chi connectivity index (χ3n) is 4.63. The van der Waals surface area contributed by atoms with Crippen molar-refractivity contribution in [3.8, 4) is 0 Å². The molecule has 0 saturated heterocycles. The molecule has 0 atom stereocenters. The minimum absolute atomic E-state index is 0. The predicted octanol–water partition coefficient (Wildman–Crippen LogP) is 3.58. The zero-order valence-electron chi connectivity index (χ0n) is 12.3. The van der Waals surface area contributed by atoms with Crippen LogP contribution >= 0.6 is 12.4 Å². The molecule has 1 aromatic rings. The Bertz CT molecular complexity index is 419. The first kappa shape index (κ1) is 14.9. The average molecular weight is 280 g/mol. The quantitative estimate of drug-likeness (QED) is 0.814. The van der Waals surface area contributed by atoms with Gasteiger partial charge in [-0.15, -0.1) is 12.4 Å². The zero-order valence-corrected chi connectivity index (χ0v) is 13.1. The second-order valence-electron chi connectivity index (χ2n) is 6.24. The van der Waals surface area contributed by atoms with Crippen molar-refractivity contribution in [1.82, 2.24) is 4.90 Å². The molecule has 2 aliphatic rings. The molecule has 0 spiro atoms. The summed E-state index contributed by atoms with van der Waals surface area (Å²) in [7, 11) is 4.36. The SMILES string of the molecule is CN(C)CCCc1c2c(cc3c1CCC3)CCC2.Cl. The summed E-state index contributed by atoms with van der Waals surface area (Å²) in [4.78, 5) is 2.31. The van der Waals surface area contributed by atoms with E-state index < -0.39 is 0 Å². The first-order valence-electron chi connectivity index (χ1n) is 7.56. The van der Waals surface area contributed by atoms with Gasteiger partial charge in [-0.05, 0) is 99.8 Å². The van der Waals surface area contributed by atoms with E-state index in [1.54, 1.807) is 27.8 Å². The van der Waals surface area contributed by atoms with Gasteiger partial charge in [-0.25, -0.2) is 0 Å². The second-order valence-corrected chi connectivity index (χ2v) is 6.24. The molecule has 0 unspecified atom stereocenters. The van der Waals surface area contributed by atoms with Crippen molar-refractivity contribution < 1.29 is 0 Å². The van der Waals surface area contributed by atoms with Gasteiger partial charge in [0, 0.05) is 0 Å². The lowest BCUT2D eigenvalue weighted by Gasteiger charge is -2.16. The monoisotopic (exact) mass is 279 g/mol. The van der Waals surface area contributed by atoms with Crippen LogP contribution in [0.3, 0.4) is 0 Å². The number of hydrogen-bond acceptors (Lipinski definition) is 1. The van der Waals surface area contributed by atoms with E-state index in [0.717, 1.165) is 0 Å². The fourth-order valence-electron chi connectivity index (χ4n) is 3.81. The van der Waals surface area contributed by atoms with Gasteiger partial charge < -0.3 is 4.90 Å². The Morgan fingerprint density at radius 3 is 2.05 bits per heavy atom. The van der Waals surface area contributed by atoms with E-state index in [1.165, 1.54) is 57.9 Å². The van der Waals surface area contributed by atoms with Crippen molar-refractivity contribution in [2.45, 2.75) is 51.4 Å². The lowest BCUT2D eigenvalue weighted by atomic mass is 9.91. The van der Waals surface area contributed by atoms with Crippen molar-refractivity contribution in [3.63, 3.8) is 0 Å². The molecule has 0 fully saturated rings. The van der Waals surface area contributed by atoms with Gasteiger partial charge >= 0.3 is 0 Å². The molecule has 0 heterocycles. The number of halogens is 1. The van der Waals surface area contributed by atoms with Gasteiger partial charge in [0.15, 0.2) is 0 Å². The highest BCUT2D eigenvalue weighted by molar-refractivity contribution is 5.85. The van der Waals surface area contributed by atoms with Crippen molar-refractivity contribution in [3.05, 3.63) is 33.9 Å². The topological polar surface area (TPSA) is 3.24 Å². The number of rotatable bonds is 4. The van der Waals surface area contributed by atoms with Gasteiger partial charge in [0.1, 0.15) is 0 Å². The Kier molecular flexibility index (Phi) is 4.92. The molecule has 0 aromatic heterocycles. The summed E-state index contributed by atoms with van der Waals surface area (Å²) in [6.07, 6.45) is 10.8. The van der Waals surface area contributed by atoms with Crippen LogP contribution in [0.15, 0.2) is 6.07 Å². The summed E-state index contributed by atoms with van der Waals surface area (Å²) < 4.78 is 0. The zero-order chi connectivity index (χ0) is 12.5. The van der Waals surface area contributed by atoms with E-state index in [-0.39, 0.29) is 12.4 Å². The molecule has 0 N–H and O–H groups in total. The van der Waals surface area contributed by atoms with E-state index >= 15 is 0 Å². The van der Waals surface area contributed by atoms with Crippen LogP contribution in [0.4, 0.5) is 0 Å². The average Bonchev–Trinajstić information content (AvgIpc) is 2.95. The Morgan fingerprint density at radius 2 is 1.53 bits per heavy atom. The fraction of sp³-hybridized carbons (Fsp3) is 0.647. The minimum Gasteiger partial charge on any atom is -0.309 e. The highest BCUT2D eigenvalue weighted by atomic mass is 35.5.